The second kappa shape index (κ2) is 10.1. The molecule has 0 saturated heterocycles. The molecule has 0 aliphatic carbocycles. The minimum Gasteiger partial charge on any atom is -0.455 e. The van der Waals surface area contributed by atoms with E-state index < -0.39 is 40.9 Å². The summed E-state index contributed by atoms with van der Waals surface area (Å²) in [5.74, 6) is -2.62. The first-order valence-electron chi connectivity index (χ1n) is 8.34. The fourth-order valence-electron chi connectivity index (χ4n) is 2.13. The molecule has 2 aromatic rings. The number of amides is 2. The number of ether oxygens (including phenoxy) is 1. The van der Waals surface area contributed by atoms with Gasteiger partial charge in [-0.3, -0.25) is 14.4 Å². The minimum atomic E-state index is -4.01. The molecule has 30 heavy (non-hydrogen) atoms. The molecule has 0 fully saturated rings. The molecule has 9 nitrogen and oxygen atoms in total. The molecule has 0 aliphatic heterocycles. The van der Waals surface area contributed by atoms with E-state index in [-0.39, 0.29) is 21.5 Å². The van der Waals surface area contributed by atoms with Crippen LogP contribution in [0.1, 0.15) is 6.92 Å². The van der Waals surface area contributed by atoms with Gasteiger partial charge >= 0.3 is 5.97 Å². The molecule has 0 saturated carbocycles. The molecule has 0 bridgehead atoms. The summed E-state index contributed by atoms with van der Waals surface area (Å²) in [5, 5.41) is 4.78. The van der Waals surface area contributed by atoms with Crippen LogP contribution in [0, 0.1) is 5.82 Å². The molecule has 160 valence electrons. The second-order valence-electron chi connectivity index (χ2n) is 5.86. The van der Waals surface area contributed by atoms with Crippen LogP contribution in [0.25, 0.3) is 0 Å². The number of anilines is 2. The first-order chi connectivity index (χ1) is 14.1. The molecule has 0 unspecified atom stereocenters. The van der Waals surface area contributed by atoms with Gasteiger partial charge in [0.1, 0.15) is 12.4 Å². The highest BCUT2D eigenvalue weighted by atomic mass is 35.5. The van der Waals surface area contributed by atoms with Crippen molar-refractivity contribution in [3.63, 3.8) is 0 Å². The van der Waals surface area contributed by atoms with Crippen molar-refractivity contribution in [1.82, 2.24) is 4.72 Å². The van der Waals surface area contributed by atoms with Crippen molar-refractivity contribution in [2.24, 2.45) is 0 Å². The zero-order chi connectivity index (χ0) is 22.3. The summed E-state index contributed by atoms with van der Waals surface area (Å²) in [6, 6.07) is 8.60. The highest BCUT2D eigenvalue weighted by Crippen LogP contribution is 2.22. The summed E-state index contributed by atoms with van der Waals surface area (Å²) in [4.78, 5) is 34.3. The quantitative estimate of drug-likeness (QED) is 0.519. The largest absolute Gasteiger partial charge is 0.455 e. The Kier molecular flexibility index (Phi) is 7.86. The van der Waals surface area contributed by atoms with E-state index >= 15 is 0 Å². The lowest BCUT2D eigenvalue weighted by atomic mass is 10.3. The summed E-state index contributed by atoms with van der Waals surface area (Å²) < 4.78 is 44.1. The lowest BCUT2D eigenvalue weighted by molar-refractivity contribution is -0.146. The van der Waals surface area contributed by atoms with E-state index in [0.29, 0.717) is 5.69 Å². The summed E-state index contributed by atoms with van der Waals surface area (Å²) in [6.07, 6.45) is 0. The minimum absolute atomic E-state index is 0.0352. The van der Waals surface area contributed by atoms with Gasteiger partial charge in [0.05, 0.1) is 15.6 Å². The number of nitrogens with one attached hydrogen (secondary N) is 3. The monoisotopic (exact) mass is 457 g/mol. The van der Waals surface area contributed by atoms with Gasteiger partial charge in [0.25, 0.3) is 5.91 Å². The predicted molar refractivity (Wildman–Crippen MR) is 107 cm³/mol. The van der Waals surface area contributed by atoms with Gasteiger partial charge in [0.2, 0.25) is 15.9 Å². The summed E-state index contributed by atoms with van der Waals surface area (Å²) >= 11 is 5.77. The summed E-state index contributed by atoms with van der Waals surface area (Å²) in [6.45, 7) is -0.0909. The standard InChI is InChI=1S/C18H17ClFN3O6S/c1-11(24)22-13-3-5-14(6-4-13)30(27,28)21-9-18(26)29-10-17(25)23-16-7-2-12(20)8-15(16)19/h2-8,21H,9-10H2,1H3,(H,22,24)(H,23,25). The Balaban J connectivity index is 1.83. The number of hydrogen-bond donors (Lipinski definition) is 3. The van der Waals surface area contributed by atoms with Gasteiger partial charge < -0.3 is 15.4 Å². The molecular formula is C18H17ClFN3O6S. The molecule has 2 aromatic carbocycles. The first-order valence-corrected chi connectivity index (χ1v) is 10.2. The van der Waals surface area contributed by atoms with Gasteiger partial charge in [-0.05, 0) is 42.5 Å². The van der Waals surface area contributed by atoms with E-state index in [1.165, 1.54) is 37.3 Å². The average molecular weight is 458 g/mol. The maximum Gasteiger partial charge on any atom is 0.321 e. The van der Waals surface area contributed by atoms with E-state index in [0.717, 1.165) is 12.1 Å². The predicted octanol–water partition coefficient (Wildman–Crippen LogP) is 1.90. The highest BCUT2D eigenvalue weighted by Gasteiger charge is 2.17. The van der Waals surface area contributed by atoms with E-state index in [1.54, 1.807) is 0 Å². The molecule has 0 aliphatic rings. The molecule has 2 rings (SSSR count). The molecule has 0 atom stereocenters. The van der Waals surface area contributed by atoms with Crippen LogP contribution in [0.15, 0.2) is 47.4 Å². The third kappa shape index (κ3) is 7.10. The molecule has 12 heteroatoms. The molecule has 0 spiro atoms. The zero-order valence-electron chi connectivity index (χ0n) is 15.6. The van der Waals surface area contributed by atoms with Gasteiger partial charge in [0, 0.05) is 12.6 Å². The van der Waals surface area contributed by atoms with Gasteiger partial charge in [0.15, 0.2) is 6.61 Å². The van der Waals surface area contributed by atoms with Crippen molar-refractivity contribution in [2.75, 3.05) is 23.8 Å². The fourth-order valence-corrected chi connectivity index (χ4v) is 3.32. The highest BCUT2D eigenvalue weighted by molar-refractivity contribution is 7.89. The molecule has 0 heterocycles. The van der Waals surface area contributed by atoms with E-state index in [9.17, 15) is 27.2 Å². The first kappa shape index (κ1) is 23.3. The van der Waals surface area contributed by atoms with E-state index in [4.69, 9.17) is 16.3 Å². The fraction of sp³-hybridized carbons (Fsp3) is 0.167. The molecule has 0 radical (unpaired) electrons. The van der Waals surface area contributed by atoms with Crippen molar-refractivity contribution in [1.29, 1.82) is 0 Å². The second-order valence-corrected chi connectivity index (χ2v) is 8.04. The maximum atomic E-state index is 13.0. The van der Waals surface area contributed by atoms with Crippen LogP contribution in [0.4, 0.5) is 15.8 Å². The van der Waals surface area contributed by atoms with Crippen LogP contribution in [-0.2, 0) is 29.1 Å². The topological polar surface area (TPSA) is 131 Å². The van der Waals surface area contributed by atoms with Crippen LogP contribution in [-0.4, -0.2) is 39.4 Å². The number of rotatable bonds is 8. The number of halogens is 2. The molecule has 2 amide bonds. The van der Waals surface area contributed by atoms with Gasteiger partial charge in [-0.25, -0.2) is 12.8 Å². The van der Waals surface area contributed by atoms with Gasteiger partial charge in [-0.2, -0.15) is 4.72 Å². The van der Waals surface area contributed by atoms with E-state index in [1.807, 2.05) is 4.72 Å². The van der Waals surface area contributed by atoms with Crippen molar-refractivity contribution in [3.05, 3.63) is 53.3 Å². The van der Waals surface area contributed by atoms with Crippen molar-refractivity contribution < 1.29 is 31.9 Å². The third-order valence-corrected chi connectivity index (χ3v) is 5.19. The van der Waals surface area contributed by atoms with Crippen LogP contribution >= 0.6 is 11.6 Å². The Morgan fingerprint density at radius 3 is 2.33 bits per heavy atom. The number of sulfonamides is 1. The Morgan fingerprint density at radius 2 is 1.73 bits per heavy atom. The van der Waals surface area contributed by atoms with Crippen molar-refractivity contribution in [2.45, 2.75) is 11.8 Å². The Hall–Kier alpha value is -3.02. The Bertz CT molecular complexity index is 1060. The summed E-state index contributed by atoms with van der Waals surface area (Å²) in [7, 11) is -4.01. The summed E-state index contributed by atoms with van der Waals surface area (Å²) in [5.41, 5.74) is 0.538. The number of hydrogen-bond acceptors (Lipinski definition) is 6. The maximum absolute atomic E-state index is 13.0. The normalized spacial score (nSPS) is 10.9. The number of carbonyl (C=O) groups is 3. The number of carbonyl (C=O) groups excluding carboxylic acids is 3. The zero-order valence-corrected chi connectivity index (χ0v) is 17.1. The van der Waals surface area contributed by atoms with Crippen LogP contribution in [0.3, 0.4) is 0 Å². The van der Waals surface area contributed by atoms with Crippen LogP contribution in [0.5, 0.6) is 0 Å². The van der Waals surface area contributed by atoms with Crippen molar-refractivity contribution in [3.8, 4) is 0 Å². The third-order valence-electron chi connectivity index (χ3n) is 3.46. The van der Waals surface area contributed by atoms with Crippen LogP contribution in [0.2, 0.25) is 5.02 Å². The van der Waals surface area contributed by atoms with Gasteiger partial charge in [-0.15, -0.1) is 0 Å². The van der Waals surface area contributed by atoms with Crippen LogP contribution < -0.4 is 15.4 Å². The molecular weight excluding hydrogens is 441 g/mol. The van der Waals surface area contributed by atoms with Gasteiger partial charge in [-0.1, -0.05) is 11.6 Å². The lowest BCUT2D eigenvalue weighted by Gasteiger charge is -2.09. The molecule has 0 aromatic heterocycles. The Labute approximate surface area is 176 Å². The average Bonchev–Trinajstić information content (AvgIpc) is 2.67. The Morgan fingerprint density at radius 1 is 1.07 bits per heavy atom. The smallest absolute Gasteiger partial charge is 0.321 e. The van der Waals surface area contributed by atoms with E-state index in [2.05, 4.69) is 10.6 Å². The lowest BCUT2D eigenvalue weighted by Crippen LogP contribution is -2.32. The number of benzene rings is 2. The number of esters is 1. The molecule has 3 N–H and O–H groups in total. The SMILES string of the molecule is CC(=O)Nc1ccc(S(=O)(=O)NCC(=O)OCC(=O)Nc2ccc(F)cc2Cl)cc1. The van der Waals surface area contributed by atoms with Crippen molar-refractivity contribution >= 4 is 50.8 Å².